The van der Waals surface area contributed by atoms with Crippen molar-refractivity contribution in [3.8, 4) is 11.5 Å². The van der Waals surface area contributed by atoms with Gasteiger partial charge in [-0.15, -0.1) is 12.4 Å². The molecule has 1 aromatic carbocycles. The molecule has 1 saturated heterocycles. The number of benzene rings is 1. The predicted molar refractivity (Wildman–Crippen MR) is 99.8 cm³/mol. The van der Waals surface area contributed by atoms with Gasteiger partial charge in [0, 0.05) is 18.6 Å². The van der Waals surface area contributed by atoms with Crippen molar-refractivity contribution in [1.29, 1.82) is 0 Å². The Labute approximate surface area is 154 Å². The number of hydrogen-bond acceptors (Lipinski definition) is 4. The zero-order valence-corrected chi connectivity index (χ0v) is 15.9. The van der Waals surface area contributed by atoms with Crippen LogP contribution in [0.25, 0.3) is 0 Å². The summed E-state index contributed by atoms with van der Waals surface area (Å²) in [4.78, 5) is 12.4. The SMILES string of the molecule is COc1cc(NC(=O)CC(C)C2CCNCC2)c(OC)cc1Cl.Cl. The molecule has 1 amide bonds. The number of carbonyl (C=O) groups excluding carboxylic acids is 1. The van der Waals surface area contributed by atoms with Crippen molar-refractivity contribution < 1.29 is 14.3 Å². The molecule has 1 heterocycles. The van der Waals surface area contributed by atoms with Crippen LogP contribution in [-0.4, -0.2) is 33.2 Å². The van der Waals surface area contributed by atoms with Gasteiger partial charge in [0.2, 0.25) is 5.91 Å². The fourth-order valence-electron chi connectivity index (χ4n) is 3.03. The zero-order valence-electron chi connectivity index (χ0n) is 14.4. The van der Waals surface area contributed by atoms with Crippen molar-refractivity contribution in [3.63, 3.8) is 0 Å². The van der Waals surface area contributed by atoms with Crippen LogP contribution in [0.2, 0.25) is 5.02 Å². The Morgan fingerprint density at radius 2 is 1.92 bits per heavy atom. The van der Waals surface area contributed by atoms with Crippen LogP contribution in [0.15, 0.2) is 12.1 Å². The maximum absolute atomic E-state index is 12.4. The highest BCUT2D eigenvalue weighted by atomic mass is 35.5. The Morgan fingerprint density at radius 1 is 1.29 bits per heavy atom. The number of rotatable bonds is 6. The summed E-state index contributed by atoms with van der Waals surface area (Å²) >= 11 is 6.08. The first-order chi connectivity index (χ1) is 11.0. The van der Waals surface area contributed by atoms with Crippen molar-refractivity contribution in [2.45, 2.75) is 26.2 Å². The summed E-state index contributed by atoms with van der Waals surface area (Å²) in [5, 5.41) is 6.72. The Hall–Kier alpha value is -1.17. The van der Waals surface area contributed by atoms with E-state index in [1.54, 1.807) is 26.4 Å². The number of carbonyl (C=O) groups is 1. The van der Waals surface area contributed by atoms with Gasteiger partial charge in [-0.05, 0) is 37.8 Å². The van der Waals surface area contributed by atoms with Gasteiger partial charge in [-0.3, -0.25) is 4.79 Å². The summed E-state index contributed by atoms with van der Waals surface area (Å²) < 4.78 is 10.5. The van der Waals surface area contributed by atoms with E-state index in [0.717, 1.165) is 25.9 Å². The first-order valence-electron chi connectivity index (χ1n) is 7.97. The summed E-state index contributed by atoms with van der Waals surface area (Å²) in [6, 6.07) is 3.33. The van der Waals surface area contributed by atoms with Crippen molar-refractivity contribution in [1.82, 2.24) is 5.32 Å². The molecule has 0 aromatic heterocycles. The maximum Gasteiger partial charge on any atom is 0.224 e. The second kappa shape index (κ2) is 9.97. The molecule has 7 heteroatoms. The number of methoxy groups -OCH3 is 2. The minimum absolute atomic E-state index is 0. The molecule has 0 saturated carbocycles. The molecular formula is C17H26Cl2N2O3. The molecule has 1 fully saturated rings. The summed E-state index contributed by atoms with van der Waals surface area (Å²) in [5.41, 5.74) is 0.580. The van der Waals surface area contributed by atoms with E-state index >= 15 is 0 Å². The third-order valence-electron chi connectivity index (χ3n) is 4.44. The van der Waals surface area contributed by atoms with Crippen molar-refractivity contribution in [2.75, 3.05) is 32.6 Å². The molecule has 1 unspecified atom stereocenters. The van der Waals surface area contributed by atoms with Gasteiger partial charge in [0.25, 0.3) is 0 Å². The highest BCUT2D eigenvalue weighted by Gasteiger charge is 2.22. The number of halogens is 2. The molecule has 1 aliphatic heterocycles. The number of hydrogen-bond donors (Lipinski definition) is 2. The average molecular weight is 377 g/mol. The van der Waals surface area contributed by atoms with Crippen LogP contribution in [-0.2, 0) is 4.79 Å². The van der Waals surface area contributed by atoms with Crippen LogP contribution in [0.4, 0.5) is 5.69 Å². The lowest BCUT2D eigenvalue weighted by Crippen LogP contribution is -2.32. The van der Waals surface area contributed by atoms with Crippen molar-refractivity contribution in [2.24, 2.45) is 11.8 Å². The predicted octanol–water partition coefficient (Wildman–Crippen LogP) is 3.74. The van der Waals surface area contributed by atoms with Gasteiger partial charge in [0.15, 0.2) is 0 Å². The fraction of sp³-hybridized carbons (Fsp3) is 0.588. The average Bonchev–Trinajstić information content (AvgIpc) is 2.56. The van der Waals surface area contributed by atoms with Crippen molar-refractivity contribution >= 4 is 35.6 Å². The fourth-order valence-corrected chi connectivity index (χ4v) is 3.26. The number of piperidine rings is 1. The molecule has 2 N–H and O–H groups in total. The van der Waals surface area contributed by atoms with Crippen LogP contribution in [0.1, 0.15) is 26.2 Å². The standard InChI is InChI=1S/C17H25ClN2O3.ClH/c1-11(12-4-6-19-7-5-12)8-17(21)20-14-10-15(22-2)13(18)9-16(14)23-3;/h9-12,19H,4-8H2,1-3H3,(H,20,21);1H. The Morgan fingerprint density at radius 3 is 2.50 bits per heavy atom. The molecule has 0 spiro atoms. The minimum atomic E-state index is -0.0151. The van der Waals surface area contributed by atoms with E-state index in [1.807, 2.05) is 0 Å². The second-order valence-electron chi connectivity index (χ2n) is 6.00. The maximum atomic E-state index is 12.4. The van der Waals surface area contributed by atoms with E-state index in [1.165, 1.54) is 0 Å². The first kappa shape index (κ1) is 20.9. The molecular weight excluding hydrogens is 351 g/mol. The molecule has 1 aliphatic rings. The minimum Gasteiger partial charge on any atom is -0.495 e. The smallest absolute Gasteiger partial charge is 0.224 e. The van der Waals surface area contributed by atoms with E-state index in [0.29, 0.717) is 40.5 Å². The summed E-state index contributed by atoms with van der Waals surface area (Å²) in [6.07, 6.45) is 2.76. The van der Waals surface area contributed by atoms with Crippen LogP contribution >= 0.6 is 24.0 Å². The molecule has 24 heavy (non-hydrogen) atoms. The lowest BCUT2D eigenvalue weighted by molar-refractivity contribution is -0.117. The first-order valence-corrected chi connectivity index (χ1v) is 8.35. The molecule has 5 nitrogen and oxygen atoms in total. The van der Waals surface area contributed by atoms with Crippen molar-refractivity contribution in [3.05, 3.63) is 17.2 Å². The second-order valence-corrected chi connectivity index (χ2v) is 6.41. The summed E-state index contributed by atoms with van der Waals surface area (Å²) in [7, 11) is 3.09. The van der Waals surface area contributed by atoms with E-state index in [4.69, 9.17) is 21.1 Å². The van der Waals surface area contributed by atoms with E-state index in [-0.39, 0.29) is 18.3 Å². The van der Waals surface area contributed by atoms with E-state index in [2.05, 4.69) is 17.6 Å². The molecule has 136 valence electrons. The lowest BCUT2D eigenvalue weighted by atomic mass is 9.84. The number of amides is 1. The molecule has 0 aliphatic carbocycles. The number of nitrogens with one attached hydrogen (secondary N) is 2. The molecule has 0 bridgehead atoms. The van der Waals surface area contributed by atoms with Crippen LogP contribution in [0.5, 0.6) is 11.5 Å². The van der Waals surface area contributed by atoms with Gasteiger partial charge in [-0.2, -0.15) is 0 Å². The van der Waals surface area contributed by atoms with Gasteiger partial charge < -0.3 is 20.1 Å². The highest BCUT2D eigenvalue weighted by Crippen LogP contribution is 2.36. The number of ether oxygens (including phenoxy) is 2. The van der Waals surface area contributed by atoms with Gasteiger partial charge in [-0.1, -0.05) is 18.5 Å². The van der Waals surface area contributed by atoms with Gasteiger partial charge in [0.05, 0.1) is 24.9 Å². The largest absolute Gasteiger partial charge is 0.495 e. The third-order valence-corrected chi connectivity index (χ3v) is 4.74. The van der Waals surface area contributed by atoms with E-state index in [9.17, 15) is 4.79 Å². The normalized spacial score (nSPS) is 16.0. The third kappa shape index (κ3) is 5.43. The zero-order chi connectivity index (χ0) is 16.8. The van der Waals surface area contributed by atoms with Gasteiger partial charge in [-0.25, -0.2) is 0 Å². The Bertz CT molecular complexity index is 549. The summed E-state index contributed by atoms with van der Waals surface area (Å²) in [6.45, 7) is 4.23. The summed E-state index contributed by atoms with van der Waals surface area (Å²) in [5.74, 6) is 1.98. The monoisotopic (exact) mass is 376 g/mol. The highest BCUT2D eigenvalue weighted by molar-refractivity contribution is 6.32. The lowest BCUT2D eigenvalue weighted by Gasteiger charge is -2.28. The van der Waals surface area contributed by atoms with Crippen LogP contribution in [0, 0.1) is 11.8 Å². The van der Waals surface area contributed by atoms with Crippen LogP contribution in [0.3, 0.4) is 0 Å². The molecule has 2 rings (SSSR count). The Balaban J connectivity index is 0.00000288. The Kier molecular flexibility index (Phi) is 8.67. The quantitative estimate of drug-likeness (QED) is 0.793. The molecule has 1 aromatic rings. The molecule has 0 radical (unpaired) electrons. The topological polar surface area (TPSA) is 59.6 Å². The van der Waals surface area contributed by atoms with Gasteiger partial charge in [0.1, 0.15) is 11.5 Å². The number of anilines is 1. The van der Waals surface area contributed by atoms with E-state index < -0.39 is 0 Å². The van der Waals surface area contributed by atoms with Crippen LogP contribution < -0.4 is 20.1 Å². The molecule has 1 atom stereocenters. The van der Waals surface area contributed by atoms with Gasteiger partial charge >= 0.3 is 0 Å².